The number of ether oxygens (including phenoxy) is 1. The largest absolute Gasteiger partial charge is 0.480 e. The number of nitrogens with one attached hydrogen (secondary N) is 1. The van der Waals surface area contributed by atoms with E-state index in [1.807, 2.05) is 6.92 Å². The summed E-state index contributed by atoms with van der Waals surface area (Å²) in [6.45, 7) is 1.81. The molecule has 2 heterocycles. The van der Waals surface area contributed by atoms with Crippen molar-refractivity contribution in [2.75, 3.05) is 12.4 Å². The van der Waals surface area contributed by atoms with Gasteiger partial charge in [-0.25, -0.2) is 9.97 Å². The average Bonchev–Trinajstić information content (AvgIpc) is 2.39. The lowest BCUT2D eigenvalue weighted by atomic mass is 10.3. The molecule has 0 aliphatic rings. The van der Waals surface area contributed by atoms with Crippen molar-refractivity contribution in [3.05, 3.63) is 35.8 Å². The van der Waals surface area contributed by atoms with Crippen LogP contribution >= 0.6 is 0 Å². The first-order valence-corrected chi connectivity index (χ1v) is 5.18. The van der Waals surface area contributed by atoms with Crippen molar-refractivity contribution in [3.8, 4) is 5.88 Å². The molecule has 7 nitrogen and oxygen atoms in total. The van der Waals surface area contributed by atoms with Gasteiger partial charge in [0, 0.05) is 18.0 Å². The van der Waals surface area contributed by atoms with Gasteiger partial charge >= 0.3 is 0 Å². The molecule has 0 unspecified atom stereocenters. The van der Waals surface area contributed by atoms with Gasteiger partial charge < -0.3 is 4.74 Å². The SMILES string of the molecule is COc1ccc(C(=O)Nc2nccc(C)n2)nn1. The van der Waals surface area contributed by atoms with Crippen LogP contribution < -0.4 is 10.1 Å². The number of hydrogen-bond donors (Lipinski definition) is 1. The van der Waals surface area contributed by atoms with Gasteiger partial charge in [-0.05, 0) is 19.1 Å². The van der Waals surface area contributed by atoms with E-state index in [-0.39, 0.29) is 11.6 Å². The highest BCUT2D eigenvalue weighted by Crippen LogP contribution is 2.06. The predicted octanol–water partition coefficient (Wildman–Crippen LogP) is 0.836. The van der Waals surface area contributed by atoms with Crippen LogP contribution in [0.25, 0.3) is 0 Å². The fourth-order valence-corrected chi connectivity index (χ4v) is 1.22. The van der Waals surface area contributed by atoms with Crippen molar-refractivity contribution >= 4 is 11.9 Å². The summed E-state index contributed by atoms with van der Waals surface area (Å²) >= 11 is 0. The normalized spacial score (nSPS) is 9.89. The number of nitrogens with zero attached hydrogens (tertiary/aromatic N) is 4. The summed E-state index contributed by atoms with van der Waals surface area (Å²) < 4.78 is 4.85. The Morgan fingerprint density at radius 3 is 2.72 bits per heavy atom. The molecule has 0 spiro atoms. The Morgan fingerprint density at radius 2 is 2.11 bits per heavy atom. The van der Waals surface area contributed by atoms with Crippen LogP contribution in [0.4, 0.5) is 5.95 Å². The maximum absolute atomic E-state index is 11.8. The predicted molar refractivity (Wildman–Crippen MR) is 63.3 cm³/mol. The molecule has 2 aromatic heterocycles. The molecule has 0 saturated heterocycles. The minimum Gasteiger partial charge on any atom is -0.480 e. The summed E-state index contributed by atoms with van der Waals surface area (Å²) in [5.74, 6) is 0.159. The number of carbonyl (C=O) groups is 1. The Hall–Kier alpha value is -2.57. The molecule has 0 aliphatic heterocycles. The highest BCUT2D eigenvalue weighted by molar-refractivity contribution is 6.01. The number of amides is 1. The van der Waals surface area contributed by atoms with E-state index in [1.54, 1.807) is 18.3 Å². The van der Waals surface area contributed by atoms with Gasteiger partial charge in [-0.2, -0.15) is 0 Å². The molecule has 0 bridgehead atoms. The molecule has 18 heavy (non-hydrogen) atoms. The van der Waals surface area contributed by atoms with Crippen LogP contribution in [0.15, 0.2) is 24.4 Å². The molecule has 0 saturated carbocycles. The highest BCUT2D eigenvalue weighted by Gasteiger charge is 2.10. The summed E-state index contributed by atoms with van der Waals surface area (Å²) in [4.78, 5) is 19.8. The molecule has 92 valence electrons. The standard InChI is InChI=1S/C11H11N5O2/c1-7-5-6-12-11(13-7)14-10(17)8-3-4-9(18-2)16-15-8/h3-6H,1-2H3,(H,12,13,14,17). The van der Waals surface area contributed by atoms with E-state index >= 15 is 0 Å². The van der Waals surface area contributed by atoms with Crippen LogP contribution in [-0.4, -0.2) is 33.2 Å². The van der Waals surface area contributed by atoms with Gasteiger partial charge in [-0.1, -0.05) is 0 Å². The lowest BCUT2D eigenvalue weighted by molar-refractivity contribution is 0.102. The molecule has 0 aromatic carbocycles. The van der Waals surface area contributed by atoms with E-state index in [1.165, 1.54) is 13.2 Å². The Kier molecular flexibility index (Phi) is 3.42. The smallest absolute Gasteiger partial charge is 0.278 e. The van der Waals surface area contributed by atoms with Crippen molar-refractivity contribution in [2.24, 2.45) is 0 Å². The van der Waals surface area contributed by atoms with Gasteiger partial charge in [0.1, 0.15) is 0 Å². The summed E-state index contributed by atoms with van der Waals surface area (Å²) in [7, 11) is 1.48. The van der Waals surface area contributed by atoms with E-state index in [0.717, 1.165) is 5.69 Å². The molecule has 0 atom stereocenters. The zero-order chi connectivity index (χ0) is 13.0. The van der Waals surface area contributed by atoms with Crippen molar-refractivity contribution < 1.29 is 9.53 Å². The van der Waals surface area contributed by atoms with Gasteiger partial charge in [0.25, 0.3) is 5.91 Å². The third-order valence-electron chi connectivity index (χ3n) is 2.10. The molecule has 0 radical (unpaired) electrons. The first-order valence-electron chi connectivity index (χ1n) is 5.18. The summed E-state index contributed by atoms with van der Waals surface area (Å²) in [6.07, 6.45) is 1.57. The van der Waals surface area contributed by atoms with Crippen LogP contribution in [0.3, 0.4) is 0 Å². The maximum atomic E-state index is 11.8. The number of rotatable bonds is 3. The van der Waals surface area contributed by atoms with Crippen molar-refractivity contribution in [2.45, 2.75) is 6.92 Å². The zero-order valence-electron chi connectivity index (χ0n) is 9.91. The fourth-order valence-electron chi connectivity index (χ4n) is 1.22. The Morgan fingerprint density at radius 1 is 1.28 bits per heavy atom. The molecule has 0 fully saturated rings. The monoisotopic (exact) mass is 245 g/mol. The first kappa shape index (κ1) is 11.9. The van der Waals surface area contributed by atoms with E-state index < -0.39 is 5.91 Å². The Balaban J connectivity index is 2.11. The summed E-state index contributed by atoms with van der Waals surface area (Å²) in [5.41, 5.74) is 0.932. The number of aromatic nitrogens is 4. The molecular formula is C11H11N5O2. The summed E-state index contributed by atoms with van der Waals surface area (Å²) in [6, 6.07) is 4.80. The third-order valence-corrected chi connectivity index (χ3v) is 2.10. The van der Waals surface area contributed by atoms with E-state index in [2.05, 4.69) is 25.5 Å². The molecule has 0 aliphatic carbocycles. The average molecular weight is 245 g/mol. The van der Waals surface area contributed by atoms with Gasteiger partial charge in [0.15, 0.2) is 5.69 Å². The molecule has 1 amide bonds. The molecule has 7 heteroatoms. The first-order chi connectivity index (χ1) is 8.69. The lowest BCUT2D eigenvalue weighted by Crippen LogP contribution is -2.16. The lowest BCUT2D eigenvalue weighted by Gasteiger charge is -2.03. The van der Waals surface area contributed by atoms with Crippen LogP contribution in [-0.2, 0) is 0 Å². The number of aryl methyl sites for hydroxylation is 1. The number of anilines is 1. The summed E-state index contributed by atoms with van der Waals surface area (Å²) in [5, 5.41) is 9.96. The second-order valence-corrected chi connectivity index (χ2v) is 3.44. The fraction of sp³-hybridized carbons (Fsp3) is 0.182. The van der Waals surface area contributed by atoms with E-state index in [9.17, 15) is 4.79 Å². The van der Waals surface area contributed by atoms with Gasteiger partial charge in [-0.15, -0.1) is 10.2 Å². The van der Waals surface area contributed by atoms with Gasteiger partial charge in [0.05, 0.1) is 7.11 Å². The molecule has 2 rings (SSSR count). The van der Waals surface area contributed by atoms with Crippen molar-refractivity contribution in [1.82, 2.24) is 20.2 Å². The number of hydrogen-bond acceptors (Lipinski definition) is 6. The van der Waals surface area contributed by atoms with Crippen LogP contribution in [0, 0.1) is 6.92 Å². The van der Waals surface area contributed by atoms with E-state index in [0.29, 0.717) is 5.88 Å². The zero-order valence-corrected chi connectivity index (χ0v) is 9.91. The molecule has 2 aromatic rings. The topological polar surface area (TPSA) is 89.9 Å². The molecule has 1 N–H and O–H groups in total. The third kappa shape index (κ3) is 2.76. The number of methoxy groups -OCH3 is 1. The quantitative estimate of drug-likeness (QED) is 0.861. The highest BCUT2D eigenvalue weighted by atomic mass is 16.5. The Labute approximate surface area is 103 Å². The minimum atomic E-state index is -0.421. The van der Waals surface area contributed by atoms with Gasteiger partial charge in [-0.3, -0.25) is 10.1 Å². The minimum absolute atomic E-state index is 0.168. The second-order valence-electron chi connectivity index (χ2n) is 3.44. The second kappa shape index (κ2) is 5.17. The van der Waals surface area contributed by atoms with E-state index in [4.69, 9.17) is 4.74 Å². The van der Waals surface area contributed by atoms with Crippen LogP contribution in [0.1, 0.15) is 16.2 Å². The van der Waals surface area contributed by atoms with Crippen molar-refractivity contribution in [1.29, 1.82) is 0 Å². The van der Waals surface area contributed by atoms with Gasteiger partial charge in [0.2, 0.25) is 11.8 Å². The maximum Gasteiger partial charge on any atom is 0.278 e. The molecular weight excluding hydrogens is 234 g/mol. The van der Waals surface area contributed by atoms with Crippen LogP contribution in [0.2, 0.25) is 0 Å². The van der Waals surface area contributed by atoms with Crippen LogP contribution in [0.5, 0.6) is 5.88 Å². The number of carbonyl (C=O) groups excluding carboxylic acids is 1. The Bertz CT molecular complexity index is 556. The van der Waals surface area contributed by atoms with Crippen molar-refractivity contribution in [3.63, 3.8) is 0 Å².